The molecule has 1 atom stereocenters. The van der Waals surface area contributed by atoms with Crippen LogP contribution in [0.1, 0.15) is 17.9 Å². The highest BCUT2D eigenvalue weighted by Crippen LogP contribution is 2.26. The van der Waals surface area contributed by atoms with Crippen LogP contribution in [-0.4, -0.2) is 31.4 Å². The number of urea groups is 1. The molecule has 3 N–H and O–H groups in total. The lowest BCUT2D eigenvalue weighted by molar-refractivity contribution is 0.248. The van der Waals surface area contributed by atoms with Crippen LogP contribution in [0.4, 0.5) is 10.5 Å². The predicted octanol–water partition coefficient (Wildman–Crippen LogP) is 3.64. The van der Waals surface area contributed by atoms with Crippen molar-refractivity contribution < 1.29 is 14.6 Å². The quantitative estimate of drug-likeness (QED) is 0.715. The Morgan fingerprint density at radius 1 is 1.25 bits per heavy atom. The molecule has 0 aliphatic carbocycles. The summed E-state index contributed by atoms with van der Waals surface area (Å²) in [4.78, 5) is 12.1. The molecule has 5 nitrogen and oxygen atoms in total. The lowest BCUT2D eigenvalue weighted by atomic mass is 9.96. The van der Waals surface area contributed by atoms with Gasteiger partial charge >= 0.3 is 6.03 Å². The molecule has 0 aliphatic heterocycles. The Bertz CT molecular complexity index is 665. The van der Waals surface area contributed by atoms with Crippen molar-refractivity contribution in [2.24, 2.45) is 0 Å². The minimum atomic E-state index is -0.346. The van der Waals surface area contributed by atoms with E-state index in [1.165, 1.54) is 0 Å². The van der Waals surface area contributed by atoms with Crippen molar-refractivity contribution in [2.75, 3.05) is 25.6 Å². The number of benzene rings is 2. The monoisotopic (exact) mass is 348 g/mol. The first-order valence-corrected chi connectivity index (χ1v) is 8.06. The van der Waals surface area contributed by atoms with Gasteiger partial charge < -0.3 is 20.5 Å². The SMILES string of the molecule is COc1ccc(NC(=O)NCC(CCO)c2ccccc2)c(Cl)c1. The van der Waals surface area contributed by atoms with Gasteiger partial charge in [-0.2, -0.15) is 0 Å². The lowest BCUT2D eigenvalue weighted by Gasteiger charge is -2.17. The van der Waals surface area contributed by atoms with E-state index >= 15 is 0 Å². The number of ether oxygens (including phenoxy) is 1. The van der Waals surface area contributed by atoms with Crippen LogP contribution >= 0.6 is 11.6 Å². The third-order valence-corrected chi connectivity index (χ3v) is 3.99. The van der Waals surface area contributed by atoms with Crippen molar-refractivity contribution in [1.82, 2.24) is 5.32 Å². The van der Waals surface area contributed by atoms with Crippen molar-refractivity contribution in [3.05, 3.63) is 59.1 Å². The number of hydrogen-bond acceptors (Lipinski definition) is 3. The minimum Gasteiger partial charge on any atom is -0.497 e. The number of methoxy groups -OCH3 is 1. The molecule has 0 spiro atoms. The summed E-state index contributed by atoms with van der Waals surface area (Å²) in [7, 11) is 1.55. The summed E-state index contributed by atoms with van der Waals surface area (Å²) in [5.41, 5.74) is 1.59. The van der Waals surface area contributed by atoms with Crippen molar-refractivity contribution in [3.63, 3.8) is 0 Å². The number of anilines is 1. The van der Waals surface area contributed by atoms with E-state index in [-0.39, 0.29) is 18.6 Å². The summed E-state index contributed by atoms with van der Waals surface area (Å²) in [5.74, 6) is 0.673. The van der Waals surface area contributed by atoms with Gasteiger partial charge in [-0.15, -0.1) is 0 Å². The number of carbonyl (C=O) groups is 1. The maximum absolute atomic E-state index is 12.1. The van der Waals surface area contributed by atoms with Crippen LogP contribution < -0.4 is 15.4 Å². The first-order chi connectivity index (χ1) is 11.6. The Morgan fingerprint density at radius 3 is 2.62 bits per heavy atom. The van der Waals surface area contributed by atoms with Gasteiger partial charge in [-0.3, -0.25) is 0 Å². The Hall–Kier alpha value is -2.24. The first kappa shape index (κ1) is 18.1. The number of aliphatic hydroxyl groups is 1. The van der Waals surface area contributed by atoms with Gasteiger partial charge in [0.15, 0.2) is 0 Å². The summed E-state index contributed by atoms with van der Waals surface area (Å²) in [6, 6.07) is 14.5. The Labute approximate surface area is 146 Å². The van der Waals surface area contributed by atoms with E-state index in [9.17, 15) is 9.90 Å². The van der Waals surface area contributed by atoms with Gasteiger partial charge in [-0.25, -0.2) is 4.79 Å². The summed E-state index contributed by atoms with van der Waals surface area (Å²) in [6.45, 7) is 0.483. The van der Waals surface area contributed by atoms with E-state index in [2.05, 4.69) is 10.6 Å². The van der Waals surface area contributed by atoms with E-state index in [4.69, 9.17) is 16.3 Å². The molecule has 24 heavy (non-hydrogen) atoms. The number of hydrogen-bond donors (Lipinski definition) is 3. The largest absolute Gasteiger partial charge is 0.497 e. The van der Waals surface area contributed by atoms with Crippen LogP contribution in [0.15, 0.2) is 48.5 Å². The van der Waals surface area contributed by atoms with E-state index in [1.807, 2.05) is 30.3 Å². The van der Waals surface area contributed by atoms with Gasteiger partial charge in [0.25, 0.3) is 0 Å². The summed E-state index contributed by atoms with van der Waals surface area (Å²) >= 11 is 6.11. The highest BCUT2D eigenvalue weighted by molar-refractivity contribution is 6.33. The van der Waals surface area contributed by atoms with E-state index in [1.54, 1.807) is 25.3 Å². The summed E-state index contributed by atoms with van der Waals surface area (Å²) < 4.78 is 5.07. The molecular weight excluding hydrogens is 328 g/mol. The van der Waals surface area contributed by atoms with Gasteiger partial charge in [-0.05, 0) is 24.1 Å². The molecule has 0 saturated heterocycles. The Morgan fingerprint density at radius 2 is 2.00 bits per heavy atom. The van der Waals surface area contributed by atoms with Gasteiger partial charge in [0.1, 0.15) is 5.75 Å². The van der Waals surface area contributed by atoms with E-state index in [0.29, 0.717) is 29.4 Å². The number of rotatable bonds is 7. The fourth-order valence-electron chi connectivity index (χ4n) is 2.37. The third-order valence-electron chi connectivity index (χ3n) is 3.68. The van der Waals surface area contributed by atoms with Gasteiger partial charge in [0, 0.05) is 25.1 Å². The topological polar surface area (TPSA) is 70.6 Å². The van der Waals surface area contributed by atoms with Gasteiger partial charge in [-0.1, -0.05) is 41.9 Å². The summed E-state index contributed by atoms with van der Waals surface area (Å²) in [5, 5.41) is 15.2. The molecule has 0 fully saturated rings. The molecule has 0 heterocycles. The first-order valence-electron chi connectivity index (χ1n) is 7.68. The fourth-order valence-corrected chi connectivity index (χ4v) is 2.59. The number of nitrogens with one attached hydrogen (secondary N) is 2. The smallest absolute Gasteiger partial charge is 0.319 e. The molecule has 0 aliphatic rings. The van der Waals surface area contributed by atoms with Crippen molar-refractivity contribution >= 4 is 23.3 Å². The highest BCUT2D eigenvalue weighted by atomic mass is 35.5. The number of amides is 2. The molecule has 2 amide bonds. The molecule has 0 saturated carbocycles. The molecule has 0 bridgehead atoms. The second-order valence-corrected chi connectivity index (χ2v) is 5.71. The molecule has 128 valence electrons. The molecule has 1 unspecified atom stereocenters. The maximum atomic E-state index is 12.1. The fraction of sp³-hybridized carbons (Fsp3) is 0.278. The van der Waals surface area contributed by atoms with E-state index < -0.39 is 0 Å². The van der Waals surface area contributed by atoms with Gasteiger partial charge in [0.2, 0.25) is 0 Å². The Balaban J connectivity index is 1.94. The lowest BCUT2D eigenvalue weighted by Crippen LogP contribution is -2.32. The molecule has 0 aromatic heterocycles. The second kappa shape index (κ2) is 9.15. The van der Waals surface area contributed by atoms with Crippen LogP contribution in [0.2, 0.25) is 5.02 Å². The van der Waals surface area contributed by atoms with Crippen LogP contribution in [0, 0.1) is 0 Å². The Kier molecular flexibility index (Phi) is 6.90. The van der Waals surface area contributed by atoms with Crippen molar-refractivity contribution in [1.29, 1.82) is 0 Å². The zero-order valence-corrected chi connectivity index (χ0v) is 14.2. The van der Waals surface area contributed by atoms with Gasteiger partial charge in [0.05, 0.1) is 17.8 Å². The molecular formula is C18H21ClN2O3. The molecule has 2 aromatic rings. The third kappa shape index (κ3) is 5.15. The van der Waals surface area contributed by atoms with E-state index in [0.717, 1.165) is 5.56 Å². The zero-order chi connectivity index (χ0) is 17.4. The van der Waals surface area contributed by atoms with Crippen molar-refractivity contribution in [3.8, 4) is 5.75 Å². The maximum Gasteiger partial charge on any atom is 0.319 e. The second-order valence-electron chi connectivity index (χ2n) is 5.30. The normalized spacial score (nSPS) is 11.6. The van der Waals surface area contributed by atoms with Crippen molar-refractivity contribution in [2.45, 2.75) is 12.3 Å². The average Bonchev–Trinajstić information content (AvgIpc) is 2.61. The standard InChI is InChI=1S/C18H21ClN2O3/c1-24-15-7-8-17(16(19)11-15)21-18(23)20-12-14(9-10-22)13-5-3-2-4-6-13/h2-8,11,14,22H,9-10,12H2,1H3,(H2,20,21,23). The zero-order valence-electron chi connectivity index (χ0n) is 13.5. The molecule has 0 radical (unpaired) electrons. The van der Waals surface area contributed by atoms with Crippen LogP contribution in [-0.2, 0) is 0 Å². The average molecular weight is 349 g/mol. The van der Waals surface area contributed by atoms with Crippen LogP contribution in [0.25, 0.3) is 0 Å². The summed E-state index contributed by atoms with van der Waals surface area (Å²) in [6.07, 6.45) is 0.577. The molecule has 2 rings (SSSR count). The molecule has 2 aromatic carbocycles. The van der Waals surface area contributed by atoms with Crippen LogP contribution in [0.3, 0.4) is 0 Å². The molecule has 6 heteroatoms. The highest BCUT2D eigenvalue weighted by Gasteiger charge is 2.13. The van der Waals surface area contributed by atoms with Crippen LogP contribution in [0.5, 0.6) is 5.75 Å². The number of carbonyl (C=O) groups excluding carboxylic acids is 1. The number of aliphatic hydroxyl groups excluding tert-OH is 1. The number of halogens is 1. The predicted molar refractivity (Wildman–Crippen MR) is 95.9 cm³/mol. The minimum absolute atomic E-state index is 0.0493.